The summed E-state index contributed by atoms with van der Waals surface area (Å²) in [5, 5.41) is 1.38. The summed E-state index contributed by atoms with van der Waals surface area (Å²) in [7, 11) is 0. The van der Waals surface area contributed by atoms with Crippen molar-refractivity contribution in [3.05, 3.63) is 68.4 Å². The maximum atomic E-state index is 11.9. The van der Waals surface area contributed by atoms with Crippen LogP contribution in [0.4, 0.5) is 0 Å². The van der Waals surface area contributed by atoms with Crippen LogP contribution in [-0.4, -0.2) is 0 Å². The first-order valence-electron chi connectivity index (χ1n) is 5.79. The van der Waals surface area contributed by atoms with Gasteiger partial charge in [0.1, 0.15) is 11.3 Å². The van der Waals surface area contributed by atoms with E-state index in [0.29, 0.717) is 16.4 Å². The molecule has 0 atom stereocenters. The molecule has 3 rings (SSSR count). The fourth-order valence-corrected chi connectivity index (χ4v) is 2.28. The smallest absolute Gasteiger partial charge is 0.379 e. The number of hydrogen-bond acceptors (Lipinski definition) is 3. The second-order valence-electron chi connectivity index (χ2n) is 4.14. The van der Waals surface area contributed by atoms with Gasteiger partial charge in [-0.15, -0.1) is 0 Å². The van der Waals surface area contributed by atoms with E-state index >= 15 is 0 Å². The van der Waals surface area contributed by atoms with Crippen molar-refractivity contribution < 1.29 is 9.15 Å². The molecule has 0 aliphatic carbocycles. The van der Waals surface area contributed by atoms with Crippen molar-refractivity contribution >= 4 is 38.5 Å². The van der Waals surface area contributed by atoms with Gasteiger partial charge >= 0.3 is 5.63 Å². The first-order chi connectivity index (χ1) is 9.61. The van der Waals surface area contributed by atoms with E-state index in [1.54, 1.807) is 36.4 Å². The Morgan fingerprint density at radius 1 is 1.05 bits per heavy atom. The predicted molar refractivity (Wildman–Crippen MR) is 81.7 cm³/mol. The average molecular weight is 352 g/mol. The molecule has 0 spiro atoms. The summed E-state index contributed by atoms with van der Waals surface area (Å²) in [6.07, 6.45) is 0. The minimum Gasteiger partial charge on any atom is -0.450 e. The number of benzene rings is 2. The van der Waals surface area contributed by atoms with Crippen molar-refractivity contribution in [2.45, 2.75) is 0 Å². The van der Waals surface area contributed by atoms with Crippen LogP contribution in [0, 0.1) is 0 Å². The molecule has 0 N–H and O–H groups in total. The molecule has 0 aliphatic rings. The van der Waals surface area contributed by atoms with Gasteiger partial charge in [0.2, 0.25) is 5.75 Å². The van der Waals surface area contributed by atoms with E-state index in [1.807, 2.05) is 12.1 Å². The third-order valence-electron chi connectivity index (χ3n) is 2.70. The standard InChI is InChI=1S/C15H8BrClO3/c16-10-1-6-13-9(7-10)8-14(15(18)20-13)19-12-4-2-11(17)3-5-12/h1-8H. The Morgan fingerprint density at radius 2 is 1.80 bits per heavy atom. The topological polar surface area (TPSA) is 39.4 Å². The van der Waals surface area contributed by atoms with E-state index in [-0.39, 0.29) is 5.75 Å². The van der Waals surface area contributed by atoms with Gasteiger partial charge in [-0.1, -0.05) is 27.5 Å². The van der Waals surface area contributed by atoms with Gasteiger partial charge in [-0.05, 0) is 48.5 Å². The van der Waals surface area contributed by atoms with Gasteiger partial charge in [-0.25, -0.2) is 4.79 Å². The summed E-state index contributed by atoms with van der Waals surface area (Å²) < 4.78 is 11.6. The molecule has 0 fully saturated rings. The highest BCUT2D eigenvalue weighted by atomic mass is 79.9. The zero-order chi connectivity index (χ0) is 14.1. The molecular formula is C15H8BrClO3. The monoisotopic (exact) mass is 350 g/mol. The molecule has 1 heterocycles. The normalized spacial score (nSPS) is 10.7. The van der Waals surface area contributed by atoms with Crippen molar-refractivity contribution in [1.82, 2.24) is 0 Å². The van der Waals surface area contributed by atoms with Crippen LogP contribution in [0.25, 0.3) is 11.0 Å². The molecule has 0 saturated heterocycles. The molecule has 0 radical (unpaired) electrons. The van der Waals surface area contributed by atoms with E-state index in [9.17, 15) is 4.79 Å². The lowest BCUT2D eigenvalue weighted by Gasteiger charge is -2.05. The summed E-state index contributed by atoms with van der Waals surface area (Å²) in [6.45, 7) is 0. The van der Waals surface area contributed by atoms with E-state index in [1.165, 1.54) is 0 Å². The molecule has 0 amide bonds. The second kappa shape index (κ2) is 5.31. The summed E-state index contributed by atoms with van der Waals surface area (Å²) >= 11 is 9.18. The minimum absolute atomic E-state index is 0.137. The highest BCUT2D eigenvalue weighted by Gasteiger charge is 2.08. The van der Waals surface area contributed by atoms with Crippen molar-refractivity contribution in [1.29, 1.82) is 0 Å². The maximum Gasteiger partial charge on any atom is 0.379 e. The van der Waals surface area contributed by atoms with E-state index < -0.39 is 5.63 Å². The maximum absolute atomic E-state index is 11.9. The van der Waals surface area contributed by atoms with Gasteiger partial charge < -0.3 is 9.15 Å². The molecule has 0 unspecified atom stereocenters. The Bertz CT molecular complexity index is 825. The number of hydrogen-bond donors (Lipinski definition) is 0. The fraction of sp³-hybridized carbons (Fsp3) is 0. The van der Waals surface area contributed by atoms with Crippen LogP contribution < -0.4 is 10.4 Å². The van der Waals surface area contributed by atoms with E-state index in [0.717, 1.165) is 9.86 Å². The predicted octanol–water partition coefficient (Wildman–Crippen LogP) is 5.00. The summed E-state index contributed by atoms with van der Waals surface area (Å²) in [5.41, 5.74) is -0.00331. The first-order valence-corrected chi connectivity index (χ1v) is 6.96. The lowest BCUT2D eigenvalue weighted by molar-refractivity contribution is 0.437. The molecule has 0 bridgehead atoms. The van der Waals surface area contributed by atoms with Gasteiger partial charge in [0.15, 0.2) is 0 Å². The molecular weight excluding hydrogens is 344 g/mol. The third-order valence-corrected chi connectivity index (χ3v) is 3.45. The van der Waals surface area contributed by atoms with Crippen LogP contribution in [0.1, 0.15) is 0 Å². The molecule has 3 nitrogen and oxygen atoms in total. The lowest BCUT2D eigenvalue weighted by atomic mass is 10.2. The molecule has 100 valence electrons. The fourth-order valence-electron chi connectivity index (χ4n) is 1.78. The molecule has 2 aromatic carbocycles. The first kappa shape index (κ1) is 13.2. The largest absolute Gasteiger partial charge is 0.450 e. The van der Waals surface area contributed by atoms with Crippen LogP contribution in [0.5, 0.6) is 11.5 Å². The van der Waals surface area contributed by atoms with Gasteiger partial charge in [0, 0.05) is 14.9 Å². The average Bonchev–Trinajstić information content (AvgIpc) is 2.42. The number of fused-ring (bicyclic) bond motifs is 1. The van der Waals surface area contributed by atoms with Crippen LogP contribution >= 0.6 is 27.5 Å². The van der Waals surface area contributed by atoms with Crippen molar-refractivity contribution in [3.63, 3.8) is 0 Å². The minimum atomic E-state index is -0.519. The van der Waals surface area contributed by atoms with Crippen LogP contribution in [0.15, 0.2) is 62.2 Å². The van der Waals surface area contributed by atoms with Crippen LogP contribution in [0.3, 0.4) is 0 Å². The Balaban J connectivity index is 2.04. The summed E-state index contributed by atoms with van der Waals surface area (Å²) in [6, 6.07) is 13.8. The highest BCUT2D eigenvalue weighted by Crippen LogP contribution is 2.25. The Hall–Kier alpha value is -1.78. The van der Waals surface area contributed by atoms with Gasteiger partial charge in [-0.2, -0.15) is 0 Å². The summed E-state index contributed by atoms with van der Waals surface area (Å²) in [5.74, 6) is 0.661. The van der Waals surface area contributed by atoms with E-state index in [2.05, 4.69) is 15.9 Å². The van der Waals surface area contributed by atoms with Crippen molar-refractivity contribution in [3.8, 4) is 11.5 Å². The van der Waals surface area contributed by atoms with Crippen molar-refractivity contribution in [2.24, 2.45) is 0 Å². The Labute approximate surface area is 127 Å². The number of rotatable bonds is 2. The molecule has 5 heteroatoms. The molecule has 1 aromatic heterocycles. The third kappa shape index (κ3) is 2.71. The van der Waals surface area contributed by atoms with Gasteiger partial charge in [-0.3, -0.25) is 0 Å². The van der Waals surface area contributed by atoms with Crippen LogP contribution in [-0.2, 0) is 0 Å². The molecule has 0 aliphatic heterocycles. The van der Waals surface area contributed by atoms with Crippen LogP contribution in [0.2, 0.25) is 5.02 Å². The number of halogens is 2. The highest BCUT2D eigenvalue weighted by molar-refractivity contribution is 9.10. The zero-order valence-corrected chi connectivity index (χ0v) is 12.4. The second-order valence-corrected chi connectivity index (χ2v) is 5.49. The van der Waals surface area contributed by atoms with E-state index in [4.69, 9.17) is 20.8 Å². The van der Waals surface area contributed by atoms with Gasteiger partial charge in [0.25, 0.3) is 0 Å². The lowest BCUT2D eigenvalue weighted by Crippen LogP contribution is -2.02. The Morgan fingerprint density at radius 3 is 2.55 bits per heavy atom. The molecule has 20 heavy (non-hydrogen) atoms. The molecule has 3 aromatic rings. The molecule has 0 saturated carbocycles. The van der Waals surface area contributed by atoms with Gasteiger partial charge in [0.05, 0.1) is 0 Å². The zero-order valence-electron chi connectivity index (χ0n) is 10.1. The van der Waals surface area contributed by atoms with Crippen molar-refractivity contribution in [2.75, 3.05) is 0 Å². The summed E-state index contributed by atoms with van der Waals surface area (Å²) in [4.78, 5) is 11.9. The number of ether oxygens (including phenoxy) is 1. The SMILES string of the molecule is O=c1oc2ccc(Br)cc2cc1Oc1ccc(Cl)cc1. The quantitative estimate of drug-likeness (QED) is 0.610. The Kier molecular flexibility index (Phi) is 3.51.